The van der Waals surface area contributed by atoms with Crippen molar-refractivity contribution < 1.29 is 48.6 Å². The molecule has 1 aromatic rings. The molecule has 4 nitrogen and oxygen atoms in total. The number of halogens is 1. The number of rotatable bonds is 7. The molecule has 1 rings (SSSR count). The summed E-state index contributed by atoms with van der Waals surface area (Å²) in [4.78, 5) is 22.1. The van der Waals surface area contributed by atoms with Crippen LogP contribution in [0.25, 0.3) is 0 Å². The number of alkyl halides is 1. The minimum atomic E-state index is -1.25. The number of unbranched alkanes of at least 4 members (excludes halogenated alkanes) is 1. The van der Waals surface area contributed by atoms with Gasteiger partial charge >= 0.3 is 29.6 Å². The number of amides is 1. The Morgan fingerprint density at radius 2 is 1.85 bits per heavy atom. The minimum Gasteiger partial charge on any atom is -0.545 e. The number of benzene rings is 1. The molecule has 0 saturated carbocycles. The predicted octanol–water partition coefficient (Wildman–Crippen LogP) is -1.09. The van der Waals surface area contributed by atoms with Gasteiger partial charge in [-0.1, -0.05) is 18.6 Å². The van der Waals surface area contributed by atoms with Crippen LogP contribution in [0.5, 0.6) is 0 Å². The van der Waals surface area contributed by atoms with Crippen molar-refractivity contribution in [1.82, 2.24) is 0 Å². The van der Waals surface area contributed by atoms with E-state index in [9.17, 15) is 19.1 Å². The number of hydrogen-bond donors (Lipinski definition) is 1. The fourth-order valence-electron chi connectivity index (χ4n) is 1.62. The van der Waals surface area contributed by atoms with E-state index >= 15 is 0 Å². The van der Waals surface area contributed by atoms with Crippen molar-refractivity contribution in [3.05, 3.63) is 29.8 Å². The molecule has 1 unspecified atom stereocenters. The van der Waals surface area contributed by atoms with Crippen LogP contribution in [0, 0.1) is 0 Å². The van der Waals surface area contributed by atoms with Crippen LogP contribution < -0.4 is 40.0 Å². The van der Waals surface area contributed by atoms with E-state index in [0.29, 0.717) is 31.4 Å². The molecular formula is C14H17FNNaO3. The van der Waals surface area contributed by atoms with Gasteiger partial charge in [0, 0.05) is 12.1 Å². The second-order valence-corrected chi connectivity index (χ2v) is 4.44. The van der Waals surface area contributed by atoms with Crippen molar-refractivity contribution in [2.45, 2.75) is 38.8 Å². The summed E-state index contributed by atoms with van der Waals surface area (Å²) < 4.78 is 12.5. The van der Waals surface area contributed by atoms with Crippen molar-refractivity contribution in [1.29, 1.82) is 0 Å². The number of aromatic carboxylic acids is 1. The molecule has 0 fully saturated rings. The fourth-order valence-corrected chi connectivity index (χ4v) is 1.62. The Morgan fingerprint density at radius 3 is 2.35 bits per heavy atom. The molecule has 0 aromatic heterocycles. The molecule has 0 aliphatic rings. The largest absolute Gasteiger partial charge is 1.00 e. The normalized spacial score (nSPS) is 11.3. The molecule has 1 N–H and O–H groups in total. The molecule has 0 aliphatic carbocycles. The van der Waals surface area contributed by atoms with E-state index in [1.165, 1.54) is 31.2 Å². The summed E-state index contributed by atoms with van der Waals surface area (Å²) in [5.74, 6) is -1.41. The zero-order chi connectivity index (χ0) is 14.3. The average Bonchev–Trinajstić information content (AvgIpc) is 2.35. The van der Waals surface area contributed by atoms with Gasteiger partial charge in [0.25, 0.3) is 0 Å². The Hall–Kier alpha value is -0.910. The molecule has 0 heterocycles. The van der Waals surface area contributed by atoms with E-state index < -0.39 is 12.1 Å². The minimum absolute atomic E-state index is 0. The number of anilines is 1. The predicted molar refractivity (Wildman–Crippen MR) is 68.4 cm³/mol. The van der Waals surface area contributed by atoms with Crippen LogP contribution in [0.15, 0.2) is 24.3 Å². The molecule has 0 bridgehead atoms. The maximum Gasteiger partial charge on any atom is 1.00 e. The van der Waals surface area contributed by atoms with Crippen molar-refractivity contribution in [2.24, 2.45) is 0 Å². The summed E-state index contributed by atoms with van der Waals surface area (Å²) >= 11 is 0. The van der Waals surface area contributed by atoms with Gasteiger partial charge in [0.05, 0.1) is 12.1 Å². The van der Waals surface area contributed by atoms with E-state index in [1.54, 1.807) is 0 Å². The van der Waals surface area contributed by atoms with Gasteiger partial charge in [0.15, 0.2) is 0 Å². The Kier molecular flexibility index (Phi) is 9.46. The molecule has 1 atom stereocenters. The van der Waals surface area contributed by atoms with Gasteiger partial charge in [-0.05, 0) is 37.5 Å². The molecular weight excluding hydrogens is 272 g/mol. The Bertz CT molecular complexity index is 435. The topological polar surface area (TPSA) is 69.2 Å². The standard InChI is InChI=1S/C14H18FNO3.Na/c1-10(15)4-2-3-5-13(17)16-12-8-6-11(7-9-12)14(18)19;/h6-10H,2-5H2,1H3,(H,16,17)(H,18,19);/q;+1/p-1. The Labute approximate surface area is 140 Å². The first-order chi connectivity index (χ1) is 8.99. The summed E-state index contributed by atoms with van der Waals surface area (Å²) in [7, 11) is 0. The zero-order valence-electron chi connectivity index (χ0n) is 11.8. The van der Waals surface area contributed by atoms with E-state index in [4.69, 9.17) is 0 Å². The van der Waals surface area contributed by atoms with Crippen LogP contribution in [0.1, 0.15) is 43.0 Å². The summed E-state index contributed by atoms with van der Waals surface area (Å²) in [6.07, 6.45) is 1.27. The van der Waals surface area contributed by atoms with Crippen molar-refractivity contribution >= 4 is 17.6 Å². The van der Waals surface area contributed by atoms with E-state index in [0.717, 1.165) is 0 Å². The summed E-state index contributed by atoms with van der Waals surface area (Å²) in [5, 5.41) is 13.2. The van der Waals surface area contributed by atoms with Gasteiger partial charge in [-0.3, -0.25) is 4.79 Å². The number of hydrogen-bond acceptors (Lipinski definition) is 3. The van der Waals surface area contributed by atoms with E-state index in [1.807, 2.05) is 0 Å². The number of carbonyl (C=O) groups excluding carboxylic acids is 2. The van der Waals surface area contributed by atoms with Gasteiger partial charge in [-0.2, -0.15) is 0 Å². The monoisotopic (exact) mass is 289 g/mol. The molecule has 1 amide bonds. The molecule has 1 aromatic carbocycles. The van der Waals surface area contributed by atoms with Crippen LogP contribution in [-0.4, -0.2) is 18.0 Å². The maximum absolute atomic E-state index is 12.5. The second kappa shape index (κ2) is 9.91. The third-order valence-corrected chi connectivity index (χ3v) is 2.66. The summed E-state index contributed by atoms with van der Waals surface area (Å²) in [5.41, 5.74) is 0.601. The Morgan fingerprint density at radius 1 is 1.25 bits per heavy atom. The van der Waals surface area contributed by atoms with Crippen LogP contribution >= 0.6 is 0 Å². The summed E-state index contributed by atoms with van der Waals surface area (Å²) in [6.45, 7) is 1.50. The van der Waals surface area contributed by atoms with E-state index in [2.05, 4.69) is 5.32 Å². The zero-order valence-corrected chi connectivity index (χ0v) is 13.8. The van der Waals surface area contributed by atoms with Gasteiger partial charge < -0.3 is 15.2 Å². The van der Waals surface area contributed by atoms with Gasteiger partial charge in [-0.15, -0.1) is 0 Å². The third kappa shape index (κ3) is 7.62. The average molecular weight is 289 g/mol. The number of carboxylic acid groups (broad SMARTS) is 1. The number of carboxylic acids is 1. The van der Waals surface area contributed by atoms with Crippen LogP contribution in [-0.2, 0) is 4.79 Å². The van der Waals surface area contributed by atoms with E-state index in [-0.39, 0.29) is 41.0 Å². The molecule has 0 saturated heterocycles. The summed E-state index contributed by atoms with van der Waals surface area (Å²) in [6, 6.07) is 5.75. The second-order valence-electron chi connectivity index (χ2n) is 4.44. The molecule has 6 heteroatoms. The quantitative estimate of drug-likeness (QED) is 0.512. The smallest absolute Gasteiger partial charge is 0.545 e. The molecule has 104 valence electrons. The molecule has 20 heavy (non-hydrogen) atoms. The molecule has 0 radical (unpaired) electrons. The molecule has 0 spiro atoms. The van der Waals surface area contributed by atoms with Crippen molar-refractivity contribution in [2.75, 3.05) is 5.32 Å². The number of carbonyl (C=O) groups is 2. The first-order valence-electron chi connectivity index (χ1n) is 6.24. The third-order valence-electron chi connectivity index (χ3n) is 2.66. The Balaban J connectivity index is 0.00000361. The van der Waals surface area contributed by atoms with Gasteiger partial charge in [0.2, 0.25) is 5.91 Å². The van der Waals surface area contributed by atoms with Crippen molar-refractivity contribution in [3.8, 4) is 0 Å². The molecule has 0 aliphatic heterocycles. The fraction of sp³-hybridized carbons (Fsp3) is 0.429. The maximum atomic E-state index is 12.5. The van der Waals surface area contributed by atoms with Gasteiger partial charge in [-0.25, -0.2) is 4.39 Å². The van der Waals surface area contributed by atoms with Gasteiger partial charge in [0.1, 0.15) is 0 Å². The van der Waals surface area contributed by atoms with Crippen LogP contribution in [0.3, 0.4) is 0 Å². The first-order valence-corrected chi connectivity index (χ1v) is 6.24. The van der Waals surface area contributed by atoms with Crippen LogP contribution in [0.2, 0.25) is 0 Å². The number of nitrogens with one attached hydrogen (secondary N) is 1. The SMILES string of the molecule is CC(F)CCCCC(=O)Nc1ccc(C(=O)[O-])cc1.[Na+]. The van der Waals surface area contributed by atoms with Crippen molar-refractivity contribution in [3.63, 3.8) is 0 Å². The van der Waals surface area contributed by atoms with Crippen LogP contribution in [0.4, 0.5) is 10.1 Å². The first kappa shape index (κ1) is 19.1.